The maximum absolute atomic E-state index is 11.9. The lowest BCUT2D eigenvalue weighted by atomic mass is 9.98. The fraction of sp³-hybridized carbons (Fsp3) is 0.615. The summed E-state index contributed by atoms with van der Waals surface area (Å²) in [6.45, 7) is 7.10. The van der Waals surface area contributed by atoms with Gasteiger partial charge in [-0.2, -0.15) is 0 Å². The second-order valence-electron chi connectivity index (χ2n) is 8.57. The van der Waals surface area contributed by atoms with Crippen LogP contribution in [0, 0.1) is 0 Å². The molecule has 1 aliphatic heterocycles. The molecule has 206 valence electrons. The molecule has 11 heteroatoms. The predicted octanol–water partition coefficient (Wildman–Crippen LogP) is 3.11. The quantitative estimate of drug-likeness (QED) is 0.214. The molecule has 11 nitrogen and oxygen atoms in total. The van der Waals surface area contributed by atoms with E-state index in [1.807, 2.05) is 0 Å². The summed E-state index contributed by atoms with van der Waals surface area (Å²) in [7, 11) is 0. The molecule has 3 unspecified atom stereocenters. The summed E-state index contributed by atoms with van der Waals surface area (Å²) in [5.41, 5.74) is 0. The molecule has 1 aromatic carbocycles. The molecule has 0 radical (unpaired) electrons. The van der Waals surface area contributed by atoms with Gasteiger partial charge in [-0.1, -0.05) is 26.2 Å². The Hall–Kier alpha value is -3.34. The Labute approximate surface area is 216 Å². The van der Waals surface area contributed by atoms with E-state index >= 15 is 0 Å². The van der Waals surface area contributed by atoms with E-state index in [-0.39, 0.29) is 6.61 Å². The summed E-state index contributed by atoms with van der Waals surface area (Å²) in [6.07, 6.45) is -1.85. The van der Waals surface area contributed by atoms with Gasteiger partial charge in [-0.05, 0) is 30.7 Å². The first-order chi connectivity index (χ1) is 17.6. The number of rotatable bonds is 13. The highest BCUT2D eigenvalue weighted by Gasteiger charge is 2.53. The van der Waals surface area contributed by atoms with Crippen molar-refractivity contribution < 1.29 is 52.3 Å². The molecule has 1 aromatic rings. The summed E-state index contributed by atoms with van der Waals surface area (Å²) in [4.78, 5) is 47.1. The van der Waals surface area contributed by atoms with Gasteiger partial charge in [0.15, 0.2) is 12.2 Å². The predicted molar refractivity (Wildman–Crippen MR) is 129 cm³/mol. The maximum atomic E-state index is 11.9. The molecule has 1 saturated heterocycles. The standard InChI is InChI=1S/C26H36O11/c1-6-7-8-9-14-31-20-10-12-21(13-11-20)36-26-25(35-19(5)30)24(34-18(4)29)23(33-17(3)28)22(37-26)15-32-16(2)27/h10-13,22-26H,6-9,14-15H2,1-5H3/t22?,23-,24?,25?,26-/m1/s1. The molecule has 0 spiro atoms. The van der Waals surface area contributed by atoms with Gasteiger partial charge in [0, 0.05) is 27.7 Å². The molecular weight excluding hydrogens is 488 g/mol. The molecule has 0 bridgehead atoms. The van der Waals surface area contributed by atoms with E-state index in [1.165, 1.54) is 13.8 Å². The minimum atomic E-state index is -1.30. The maximum Gasteiger partial charge on any atom is 0.303 e. The Morgan fingerprint density at radius 1 is 0.730 bits per heavy atom. The molecule has 0 aromatic heterocycles. The van der Waals surface area contributed by atoms with Crippen molar-refractivity contribution in [1.29, 1.82) is 0 Å². The van der Waals surface area contributed by atoms with Gasteiger partial charge in [-0.3, -0.25) is 19.2 Å². The molecule has 0 N–H and O–H groups in total. The van der Waals surface area contributed by atoms with Crippen LogP contribution in [-0.2, 0) is 42.9 Å². The van der Waals surface area contributed by atoms with Crippen molar-refractivity contribution in [3.05, 3.63) is 24.3 Å². The van der Waals surface area contributed by atoms with Crippen LogP contribution in [0.15, 0.2) is 24.3 Å². The molecule has 1 fully saturated rings. The second kappa shape index (κ2) is 15.0. The van der Waals surface area contributed by atoms with Crippen LogP contribution in [0.2, 0.25) is 0 Å². The van der Waals surface area contributed by atoms with E-state index in [9.17, 15) is 19.2 Å². The van der Waals surface area contributed by atoms with Crippen LogP contribution in [0.3, 0.4) is 0 Å². The fourth-order valence-electron chi connectivity index (χ4n) is 3.75. The van der Waals surface area contributed by atoms with Gasteiger partial charge in [0.1, 0.15) is 24.2 Å². The Bertz CT molecular complexity index is 898. The number of hydrogen-bond acceptors (Lipinski definition) is 11. The van der Waals surface area contributed by atoms with E-state index in [1.54, 1.807) is 24.3 Å². The fourth-order valence-corrected chi connectivity index (χ4v) is 3.75. The third kappa shape index (κ3) is 10.3. The Morgan fingerprint density at radius 3 is 1.86 bits per heavy atom. The van der Waals surface area contributed by atoms with Crippen molar-refractivity contribution >= 4 is 23.9 Å². The molecule has 2 rings (SSSR count). The van der Waals surface area contributed by atoms with Crippen LogP contribution >= 0.6 is 0 Å². The largest absolute Gasteiger partial charge is 0.494 e. The molecule has 37 heavy (non-hydrogen) atoms. The summed E-state index contributed by atoms with van der Waals surface area (Å²) >= 11 is 0. The van der Waals surface area contributed by atoms with Crippen molar-refractivity contribution in [2.75, 3.05) is 13.2 Å². The van der Waals surface area contributed by atoms with Crippen LogP contribution in [0.25, 0.3) is 0 Å². The summed E-state index contributed by atoms with van der Waals surface area (Å²) < 4.78 is 38.8. The van der Waals surface area contributed by atoms with Gasteiger partial charge in [0.05, 0.1) is 6.61 Å². The van der Waals surface area contributed by atoms with Gasteiger partial charge in [-0.15, -0.1) is 0 Å². The lowest BCUT2D eigenvalue weighted by molar-refractivity contribution is -0.288. The van der Waals surface area contributed by atoms with Crippen LogP contribution < -0.4 is 9.47 Å². The SMILES string of the molecule is CCCCCCOc1ccc(O[C@@H]2OC(COC(C)=O)[C@@H](OC(C)=O)C(OC(C)=O)C2OC(C)=O)cc1. The average molecular weight is 525 g/mol. The van der Waals surface area contributed by atoms with Crippen molar-refractivity contribution in [3.63, 3.8) is 0 Å². The van der Waals surface area contributed by atoms with Gasteiger partial charge < -0.3 is 33.2 Å². The third-order valence-corrected chi connectivity index (χ3v) is 5.29. The number of unbranched alkanes of at least 4 members (excludes halogenated alkanes) is 3. The molecule has 5 atom stereocenters. The Morgan fingerprint density at radius 2 is 1.30 bits per heavy atom. The van der Waals surface area contributed by atoms with Gasteiger partial charge in [0.2, 0.25) is 12.4 Å². The lowest BCUT2D eigenvalue weighted by Crippen LogP contribution is -2.63. The number of ether oxygens (including phenoxy) is 7. The summed E-state index contributed by atoms with van der Waals surface area (Å²) in [5.74, 6) is -1.72. The lowest BCUT2D eigenvalue weighted by Gasteiger charge is -2.43. The molecule has 1 aliphatic rings. The Balaban J connectivity index is 2.26. The van der Waals surface area contributed by atoms with Crippen molar-refractivity contribution in [2.45, 2.75) is 91.0 Å². The third-order valence-electron chi connectivity index (χ3n) is 5.29. The van der Waals surface area contributed by atoms with Gasteiger partial charge >= 0.3 is 23.9 Å². The number of carbonyl (C=O) groups excluding carboxylic acids is 4. The van der Waals surface area contributed by atoms with Crippen molar-refractivity contribution in [3.8, 4) is 11.5 Å². The molecule has 0 saturated carbocycles. The summed E-state index contributed by atoms with van der Waals surface area (Å²) in [5, 5.41) is 0. The number of esters is 4. The number of benzene rings is 1. The van der Waals surface area contributed by atoms with Crippen molar-refractivity contribution in [1.82, 2.24) is 0 Å². The van der Waals surface area contributed by atoms with E-state index in [0.29, 0.717) is 18.1 Å². The highest BCUT2D eigenvalue weighted by Crippen LogP contribution is 2.31. The van der Waals surface area contributed by atoms with E-state index < -0.39 is 54.6 Å². The van der Waals surface area contributed by atoms with Crippen LogP contribution in [-0.4, -0.2) is 67.8 Å². The van der Waals surface area contributed by atoms with Crippen LogP contribution in [0.4, 0.5) is 0 Å². The molecule has 0 amide bonds. The second-order valence-corrected chi connectivity index (χ2v) is 8.57. The van der Waals surface area contributed by atoms with Crippen molar-refractivity contribution in [2.24, 2.45) is 0 Å². The minimum Gasteiger partial charge on any atom is -0.494 e. The number of hydrogen-bond donors (Lipinski definition) is 0. The van der Waals surface area contributed by atoms with Gasteiger partial charge in [0.25, 0.3) is 0 Å². The Kier molecular flexibility index (Phi) is 12.1. The first-order valence-electron chi connectivity index (χ1n) is 12.3. The molecular formula is C26H36O11. The van der Waals surface area contributed by atoms with Gasteiger partial charge in [-0.25, -0.2) is 0 Å². The molecule has 1 heterocycles. The topological polar surface area (TPSA) is 133 Å². The zero-order valence-corrected chi connectivity index (χ0v) is 21.9. The minimum absolute atomic E-state index is 0.331. The average Bonchev–Trinajstić information content (AvgIpc) is 2.81. The zero-order chi connectivity index (χ0) is 27.4. The summed E-state index contributed by atoms with van der Waals surface area (Å²) in [6, 6.07) is 6.74. The highest BCUT2D eigenvalue weighted by molar-refractivity contribution is 5.68. The van der Waals surface area contributed by atoms with E-state index in [0.717, 1.165) is 39.5 Å². The van der Waals surface area contributed by atoms with Crippen LogP contribution in [0.5, 0.6) is 11.5 Å². The first kappa shape index (κ1) is 29.9. The monoisotopic (exact) mass is 524 g/mol. The van der Waals surface area contributed by atoms with Crippen LogP contribution in [0.1, 0.15) is 60.3 Å². The normalized spacial score (nSPS) is 22.9. The first-order valence-corrected chi connectivity index (χ1v) is 12.3. The zero-order valence-electron chi connectivity index (χ0n) is 21.9. The molecule has 0 aliphatic carbocycles. The van der Waals surface area contributed by atoms with E-state index in [4.69, 9.17) is 33.2 Å². The van der Waals surface area contributed by atoms with E-state index in [2.05, 4.69) is 6.92 Å². The number of carbonyl (C=O) groups is 4. The smallest absolute Gasteiger partial charge is 0.303 e. The highest BCUT2D eigenvalue weighted by atomic mass is 16.7.